The Kier molecular flexibility index (Phi) is 4.09. The fraction of sp³-hybridized carbons (Fsp3) is 0.455. The zero-order valence-corrected chi connectivity index (χ0v) is 9.49. The van der Waals surface area contributed by atoms with E-state index in [-0.39, 0.29) is 0 Å². The van der Waals surface area contributed by atoms with E-state index in [1.807, 2.05) is 6.92 Å². The molecule has 0 aliphatic heterocycles. The third-order valence-electron chi connectivity index (χ3n) is 1.97. The lowest BCUT2D eigenvalue weighted by atomic mass is 10.2. The number of methoxy groups -OCH3 is 3. The van der Waals surface area contributed by atoms with Crippen LogP contribution in [0.1, 0.15) is 6.92 Å². The summed E-state index contributed by atoms with van der Waals surface area (Å²) in [6, 6.07) is 3.58. The minimum absolute atomic E-state index is 0.547. The lowest BCUT2D eigenvalue weighted by Gasteiger charge is -2.15. The molecule has 4 nitrogen and oxygen atoms in total. The van der Waals surface area contributed by atoms with Crippen LogP contribution < -0.4 is 18.9 Å². The molecule has 1 aromatic rings. The Balaban J connectivity index is 3.21. The zero-order valence-electron chi connectivity index (χ0n) is 9.49. The summed E-state index contributed by atoms with van der Waals surface area (Å²) >= 11 is 0. The molecule has 0 saturated carbocycles. The van der Waals surface area contributed by atoms with Gasteiger partial charge in [0.05, 0.1) is 27.9 Å². The van der Waals surface area contributed by atoms with Crippen molar-refractivity contribution in [3.05, 3.63) is 12.1 Å². The number of benzene rings is 1. The molecule has 0 amide bonds. The molecule has 0 N–H and O–H groups in total. The predicted molar refractivity (Wildman–Crippen MR) is 57.3 cm³/mol. The van der Waals surface area contributed by atoms with E-state index < -0.39 is 0 Å². The summed E-state index contributed by atoms with van der Waals surface area (Å²) < 4.78 is 21.0. The van der Waals surface area contributed by atoms with Crippen LogP contribution in [0.15, 0.2) is 12.1 Å². The first kappa shape index (κ1) is 11.5. The Morgan fingerprint density at radius 1 is 0.867 bits per heavy atom. The van der Waals surface area contributed by atoms with E-state index in [9.17, 15) is 0 Å². The van der Waals surface area contributed by atoms with Crippen molar-refractivity contribution in [2.24, 2.45) is 0 Å². The molecule has 0 spiro atoms. The van der Waals surface area contributed by atoms with Gasteiger partial charge in [-0.25, -0.2) is 0 Å². The first-order chi connectivity index (χ1) is 7.28. The minimum Gasteiger partial charge on any atom is -0.493 e. The van der Waals surface area contributed by atoms with Gasteiger partial charge in [-0.2, -0.15) is 0 Å². The monoisotopic (exact) mass is 212 g/mol. The van der Waals surface area contributed by atoms with Crippen molar-refractivity contribution >= 4 is 0 Å². The number of rotatable bonds is 5. The minimum atomic E-state index is 0.547. The van der Waals surface area contributed by atoms with Gasteiger partial charge in [0.2, 0.25) is 11.5 Å². The quantitative estimate of drug-likeness (QED) is 0.749. The van der Waals surface area contributed by atoms with Crippen LogP contribution in [-0.4, -0.2) is 27.9 Å². The maximum atomic E-state index is 5.41. The van der Waals surface area contributed by atoms with Gasteiger partial charge in [0.1, 0.15) is 0 Å². The Bertz CT molecular complexity index is 323. The third-order valence-corrected chi connectivity index (χ3v) is 1.97. The van der Waals surface area contributed by atoms with Gasteiger partial charge < -0.3 is 18.9 Å². The number of hydrogen-bond donors (Lipinski definition) is 0. The summed E-state index contributed by atoms with van der Waals surface area (Å²) in [4.78, 5) is 0. The fourth-order valence-electron chi connectivity index (χ4n) is 1.34. The average molecular weight is 212 g/mol. The Labute approximate surface area is 89.7 Å². The van der Waals surface area contributed by atoms with Crippen molar-refractivity contribution in [1.29, 1.82) is 0 Å². The van der Waals surface area contributed by atoms with Crippen molar-refractivity contribution in [2.45, 2.75) is 6.92 Å². The largest absolute Gasteiger partial charge is 0.493 e. The van der Waals surface area contributed by atoms with E-state index >= 15 is 0 Å². The molecule has 0 radical (unpaired) electrons. The van der Waals surface area contributed by atoms with Crippen LogP contribution in [0.5, 0.6) is 23.0 Å². The van der Waals surface area contributed by atoms with Gasteiger partial charge in [-0.15, -0.1) is 0 Å². The van der Waals surface area contributed by atoms with Gasteiger partial charge >= 0.3 is 0 Å². The molecule has 0 aliphatic rings. The Morgan fingerprint density at radius 3 is 1.87 bits per heavy atom. The van der Waals surface area contributed by atoms with E-state index in [2.05, 4.69) is 0 Å². The maximum absolute atomic E-state index is 5.41. The van der Waals surface area contributed by atoms with Gasteiger partial charge in [-0.1, -0.05) is 0 Å². The third kappa shape index (κ3) is 2.26. The van der Waals surface area contributed by atoms with Crippen molar-refractivity contribution in [3.63, 3.8) is 0 Å². The molecule has 1 aromatic carbocycles. The highest BCUT2D eigenvalue weighted by Crippen LogP contribution is 2.43. The molecule has 4 heteroatoms. The zero-order chi connectivity index (χ0) is 11.3. The van der Waals surface area contributed by atoms with E-state index in [0.29, 0.717) is 29.6 Å². The highest BCUT2D eigenvalue weighted by Gasteiger charge is 2.16. The van der Waals surface area contributed by atoms with Gasteiger partial charge in [0.15, 0.2) is 11.5 Å². The van der Waals surface area contributed by atoms with Crippen LogP contribution in [0.2, 0.25) is 0 Å². The van der Waals surface area contributed by atoms with Gasteiger partial charge in [0.25, 0.3) is 0 Å². The van der Waals surface area contributed by atoms with Crippen LogP contribution in [0.3, 0.4) is 0 Å². The Morgan fingerprint density at radius 2 is 1.40 bits per heavy atom. The van der Waals surface area contributed by atoms with Gasteiger partial charge in [-0.3, -0.25) is 0 Å². The van der Waals surface area contributed by atoms with Crippen LogP contribution in [0.4, 0.5) is 0 Å². The topological polar surface area (TPSA) is 36.9 Å². The molecule has 0 atom stereocenters. The molecule has 15 heavy (non-hydrogen) atoms. The average Bonchev–Trinajstić information content (AvgIpc) is 2.28. The molecule has 0 saturated heterocycles. The van der Waals surface area contributed by atoms with E-state index in [4.69, 9.17) is 18.9 Å². The van der Waals surface area contributed by atoms with Crippen LogP contribution in [0.25, 0.3) is 0 Å². The molecule has 1 rings (SSSR count). The molecule has 84 valence electrons. The standard InChI is InChI=1S/C11H16O4/c1-5-15-9-7-6-8(12-2)10(13-3)11(9)14-4/h6-7H,5H2,1-4H3. The van der Waals surface area contributed by atoms with E-state index in [1.54, 1.807) is 33.5 Å². The van der Waals surface area contributed by atoms with Crippen LogP contribution in [0, 0.1) is 0 Å². The van der Waals surface area contributed by atoms with Crippen LogP contribution >= 0.6 is 0 Å². The summed E-state index contributed by atoms with van der Waals surface area (Å²) in [5, 5.41) is 0. The van der Waals surface area contributed by atoms with Crippen molar-refractivity contribution in [2.75, 3.05) is 27.9 Å². The summed E-state index contributed by atoms with van der Waals surface area (Å²) in [6.07, 6.45) is 0. The summed E-state index contributed by atoms with van der Waals surface area (Å²) in [6.45, 7) is 2.49. The fourth-order valence-corrected chi connectivity index (χ4v) is 1.34. The van der Waals surface area contributed by atoms with Gasteiger partial charge in [-0.05, 0) is 19.1 Å². The smallest absolute Gasteiger partial charge is 0.207 e. The summed E-state index contributed by atoms with van der Waals surface area (Å²) in [7, 11) is 4.72. The van der Waals surface area contributed by atoms with Crippen molar-refractivity contribution in [3.8, 4) is 23.0 Å². The molecular weight excluding hydrogens is 196 g/mol. The molecule has 0 aliphatic carbocycles. The molecule has 0 bridgehead atoms. The van der Waals surface area contributed by atoms with E-state index in [0.717, 1.165) is 0 Å². The maximum Gasteiger partial charge on any atom is 0.207 e. The molecule has 0 fully saturated rings. The second-order valence-electron chi connectivity index (χ2n) is 2.77. The van der Waals surface area contributed by atoms with E-state index in [1.165, 1.54) is 0 Å². The predicted octanol–water partition coefficient (Wildman–Crippen LogP) is 2.11. The number of hydrogen-bond acceptors (Lipinski definition) is 4. The lowest BCUT2D eigenvalue weighted by Crippen LogP contribution is -1.99. The Hall–Kier alpha value is -1.58. The SMILES string of the molecule is CCOc1ccc(OC)c(OC)c1OC. The molecule has 0 heterocycles. The summed E-state index contributed by atoms with van der Waals surface area (Å²) in [5.74, 6) is 2.38. The number of ether oxygens (including phenoxy) is 4. The van der Waals surface area contributed by atoms with Gasteiger partial charge in [0, 0.05) is 0 Å². The highest BCUT2D eigenvalue weighted by molar-refractivity contribution is 5.58. The molecule has 0 aromatic heterocycles. The molecular formula is C11H16O4. The van der Waals surface area contributed by atoms with Crippen LogP contribution in [-0.2, 0) is 0 Å². The normalized spacial score (nSPS) is 9.60. The summed E-state index contributed by atoms with van der Waals surface area (Å²) in [5.41, 5.74) is 0. The first-order valence-electron chi connectivity index (χ1n) is 4.70. The van der Waals surface area contributed by atoms with Crippen molar-refractivity contribution in [1.82, 2.24) is 0 Å². The van der Waals surface area contributed by atoms with Crippen molar-refractivity contribution < 1.29 is 18.9 Å². The highest BCUT2D eigenvalue weighted by atomic mass is 16.5. The lowest BCUT2D eigenvalue weighted by molar-refractivity contribution is 0.287. The second-order valence-corrected chi connectivity index (χ2v) is 2.77. The first-order valence-corrected chi connectivity index (χ1v) is 4.70. The second kappa shape index (κ2) is 5.34. The molecule has 0 unspecified atom stereocenters.